The summed E-state index contributed by atoms with van der Waals surface area (Å²) in [7, 11) is 1.65. The normalized spacial score (nSPS) is 14.1. The van der Waals surface area contributed by atoms with Crippen LogP contribution in [0.5, 0.6) is 5.75 Å². The second-order valence-corrected chi connectivity index (χ2v) is 8.07. The fraction of sp³-hybridized carbons (Fsp3) is 0.333. The third-order valence-corrected chi connectivity index (χ3v) is 5.92. The smallest absolute Gasteiger partial charge is 0.342 e. The van der Waals surface area contributed by atoms with Crippen molar-refractivity contribution >= 4 is 11.8 Å². The molecule has 4 rings (SSSR count). The lowest BCUT2D eigenvalue weighted by Crippen LogP contribution is -2.25. The van der Waals surface area contributed by atoms with Crippen LogP contribution in [0.15, 0.2) is 60.7 Å². The summed E-state index contributed by atoms with van der Waals surface area (Å²) in [6.07, 6.45) is 5.80. The van der Waals surface area contributed by atoms with Gasteiger partial charge in [-0.15, -0.1) is 0 Å². The van der Waals surface area contributed by atoms with Crippen LogP contribution in [0.25, 0.3) is 22.4 Å². The average molecular weight is 431 g/mol. The predicted octanol–water partition coefficient (Wildman–Crippen LogP) is 6.35. The molecule has 0 bridgehead atoms. The molecule has 1 fully saturated rings. The molecule has 5 nitrogen and oxygen atoms in total. The zero-order valence-electron chi connectivity index (χ0n) is 18.8. The van der Waals surface area contributed by atoms with Crippen LogP contribution in [-0.4, -0.2) is 30.7 Å². The maximum atomic E-state index is 13.1. The van der Waals surface area contributed by atoms with Gasteiger partial charge in [0.05, 0.1) is 19.4 Å². The summed E-state index contributed by atoms with van der Waals surface area (Å²) in [6.45, 7) is 2.14. The van der Waals surface area contributed by atoms with Crippen molar-refractivity contribution in [3.8, 4) is 28.1 Å². The van der Waals surface area contributed by atoms with Gasteiger partial charge in [0.15, 0.2) is 0 Å². The minimum atomic E-state index is -0.349. The number of hydrogen-bond donors (Lipinski definition) is 1. The molecule has 1 aromatic heterocycles. The van der Waals surface area contributed by atoms with E-state index in [-0.39, 0.29) is 5.97 Å². The Hall–Kier alpha value is -3.34. The minimum Gasteiger partial charge on any atom is -0.497 e. The minimum absolute atomic E-state index is 0.305. The molecule has 0 amide bonds. The lowest BCUT2D eigenvalue weighted by Gasteiger charge is -2.25. The molecule has 0 atom stereocenters. The second-order valence-electron chi connectivity index (χ2n) is 8.07. The fourth-order valence-corrected chi connectivity index (χ4v) is 4.25. The number of aromatic nitrogens is 1. The molecule has 0 saturated heterocycles. The fourth-order valence-electron chi connectivity index (χ4n) is 4.25. The first-order valence-corrected chi connectivity index (χ1v) is 11.4. The zero-order chi connectivity index (χ0) is 22.3. The van der Waals surface area contributed by atoms with Gasteiger partial charge in [0, 0.05) is 17.2 Å². The van der Waals surface area contributed by atoms with Gasteiger partial charge in [0.25, 0.3) is 0 Å². The average Bonchev–Trinajstić information content (AvgIpc) is 2.85. The summed E-state index contributed by atoms with van der Waals surface area (Å²) < 4.78 is 10.8. The number of carbonyl (C=O) groups excluding carboxylic acids is 1. The number of nitrogens with one attached hydrogen (secondary N) is 1. The van der Waals surface area contributed by atoms with Crippen molar-refractivity contribution in [3.05, 3.63) is 66.2 Å². The van der Waals surface area contributed by atoms with E-state index in [1.807, 2.05) is 67.6 Å². The Morgan fingerprint density at radius 2 is 1.72 bits per heavy atom. The Bertz CT molecular complexity index is 1040. The van der Waals surface area contributed by atoms with Gasteiger partial charge in [0.1, 0.15) is 17.1 Å². The number of carbonyl (C=O) groups is 1. The van der Waals surface area contributed by atoms with Gasteiger partial charge >= 0.3 is 5.97 Å². The highest BCUT2D eigenvalue weighted by Gasteiger charge is 2.24. The molecular formula is C27H30N2O3. The standard InChI is InChI=1S/C27H30N2O3/c1-3-32-27(30)25-23(19-10-6-4-7-11-19)18-24(20-14-16-22(31-2)17-15-20)29-26(25)28-21-12-8-5-9-13-21/h4,6-7,10-11,14-18,21H,3,5,8-9,12-13H2,1-2H3,(H,28,29). The van der Waals surface area contributed by atoms with Gasteiger partial charge in [-0.05, 0) is 55.7 Å². The zero-order valence-corrected chi connectivity index (χ0v) is 18.8. The molecule has 0 aliphatic heterocycles. The van der Waals surface area contributed by atoms with E-state index >= 15 is 0 Å². The topological polar surface area (TPSA) is 60.5 Å². The van der Waals surface area contributed by atoms with Crippen LogP contribution in [0.4, 0.5) is 5.82 Å². The number of pyridine rings is 1. The van der Waals surface area contributed by atoms with E-state index in [2.05, 4.69) is 5.32 Å². The SMILES string of the molecule is CCOC(=O)c1c(-c2ccccc2)cc(-c2ccc(OC)cc2)nc1NC1CCCCC1. The van der Waals surface area contributed by atoms with Crippen molar-refractivity contribution in [1.29, 1.82) is 0 Å². The molecule has 0 unspecified atom stereocenters. The number of benzene rings is 2. The van der Waals surface area contributed by atoms with Crippen LogP contribution in [-0.2, 0) is 4.74 Å². The highest BCUT2D eigenvalue weighted by atomic mass is 16.5. The van der Waals surface area contributed by atoms with Gasteiger partial charge in [-0.2, -0.15) is 0 Å². The van der Waals surface area contributed by atoms with Gasteiger partial charge in [-0.1, -0.05) is 49.6 Å². The van der Waals surface area contributed by atoms with Crippen molar-refractivity contribution in [2.75, 3.05) is 19.0 Å². The third-order valence-electron chi connectivity index (χ3n) is 5.92. The molecule has 5 heteroatoms. The van der Waals surface area contributed by atoms with Crippen LogP contribution in [0.2, 0.25) is 0 Å². The Morgan fingerprint density at radius 3 is 2.38 bits per heavy atom. The number of nitrogens with zero attached hydrogens (tertiary/aromatic N) is 1. The molecule has 1 N–H and O–H groups in total. The Morgan fingerprint density at radius 1 is 1.00 bits per heavy atom. The Balaban J connectivity index is 1.87. The second kappa shape index (κ2) is 10.3. The molecular weight excluding hydrogens is 400 g/mol. The summed E-state index contributed by atoms with van der Waals surface area (Å²) in [5.41, 5.74) is 4.05. The molecule has 0 radical (unpaired) electrons. The number of hydrogen-bond acceptors (Lipinski definition) is 5. The first-order valence-electron chi connectivity index (χ1n) is 11.4. The Labute approximate surface area is 189 Å². The van der Waals surface area contributed by atoms with Crippen molar-refractivity contribution in [2.24, 2.45) is 0 Å². The Kier molecular flexibility index (Phi) is 7.05. The molecule has 32 heavy (non-hydrogen) atoms. The van der Waals surface area contributed by atoms with Crippen molar-refractivity contribution in [3.63, 3.8) is 0 Å². The lowest BCUT2D eigenvalue weighted by atomic mass is 9.94. The molecule has 1 heterocycles. The molecule has 166 valence electrons. The summed E-state index contributed by atoms with van der Waals surface area (Å²) in [4.78, 5) is 18.0. The van der Waals surface area contributed by atoms with Crippen molar-refractivity contribution < 1.29 is 14.3 Å². The van der Waals surface area contributed by atoms with E-state index < -0.39 is 0 Å². The molecule has 0 spiro atoms. The maximum absolute atomic E-state index is 13.1. The van der Waals surface area contributed by atoms with Crippen LogP contribution in [0.3, 0.4) is 0 Å². The third kappa shape index (κ3) is 4.93. The van der Waals surface area contributed by atoms with Crippen LogP contribution in [0, 0.1) is 0 Å². The van der Waals surface area contributed by atoms with Gasteiger partial charge in [-0.25, -0.2) is 9.78 Å². The van der Waals surface area contributed by atoms with E-state index in [0.29, 0.717) is 24.0 Å². The van der Waals surface area contributed by atoms with E-state index in [4.69, 9.17) is 14.5 Å². The quantitative estimate of drug-likeness (QED) is 0.443. The molecule has 3 aromatic rings. The van der Waals surface area contributed by atoms with E-state index in [1.165, 1.54) is 19.3 Å². The van der Waals surface area contributed by atoms with Crippen molar-refractivity contribution in [2.45, 2.75) is 45.1 Å². The number of ether oxygens (including phenoxy) is 2. The predicted molar refractivity (Wildman–Crippen MR) is 128 cm³/mol. The summed E-state index contributed by atoms with van der Waals surface area (Å²) in [5, 5.41) is 3.60. The van der Waals surface area contributed by atoms with Gasteiger partial charge in [0.2, 0.25) is 0 Å². The molecule has 1 aliphatic carbocycles. The maximum Gasteiger partial charge on any atom is 0.342 e. The summed E-state index contributed by atoms with van der Waals surface area (Å²) in [6, 6.07) is 20.1. The van der Waals surface area contributed by atoms with E-state index in [0.717, 1.165) is 41.0 Å². The number of anilines is 1. The van der Waals surface area contributed by atoms with Crippen LogP contribution in [0.1, 0.15) is 49.4 Å². The van der Waals surface area contributed by atoms with Gasteiger partial charge in [-0.3, -0.25) is 0 Å². The molecule has 1 aliphatic rings. The number of esters is 1. The monoisotopic (exact) mass is 430 g/mol. The first-order chi connectivity index (χ1) is 15.7. The summed E-state index contributed by atoms with van der Waals surface area (Å²) in [5.74, 6) is 1.04. The number of rotatable bonds is 7. The molecule has 2 aromatic carbocycles. The van der Waals surface area contributed by atoms with Gasteiger partial charge < -0.3 is 14.8 Å². The van der Waals surface area contributed by atoms with Crippen LogP contribution < -0.4 is 10.1 Å². The highest BCUT2D eigenvalue weighted by molar-refractivity contribution is 6.03. The largest absolute Gasteiger partial charge is 0.497 e. The molecule has 1 saturated carbocycles. The van der Waals surface area contributed by atoms with E-state index in [9.17, 15) is 4.79 Å². The first kappa shape index (κ1) is 21.9. The van der Waals surface area contributed by atoms with E-state index in [1.54, 1.807) is 7.11 Å². The van der Waals surface area contributed by atoms with Crippen molar-refractivity contribution in [1.82, 2.24) is 4.98 Å². The van der Waals surface area contributed by atoms with Crippen LogP contribution >= 0.6 is 0 Å². The number of methoxy groups -OCH3 is 1. The summed E-state index contributed by atoms with van der Waals surface area (Å²) >= 11 is 0. The lowest BCUT2D eigenvalue weighted by molar-refractivity contribution is 0.0528. The highest BCUT2D eigenvalue weighted by Crippen LogP contribution is 2.35.